The third-order valence-electron chi connectivity index (χ3n) is 8.44. The maximum atomic E-state index is 2.79. The van der Waals surface area contributed by atoms with E-state index in [4.69, 9.17) is 0 Å². The van der Waals surface area contributed by atoms with Gasteiger partial charge in [-0.2, -0.15) is 0 Å². The van der Waals surface area contributed by atoms with E-state index in [-0.39, 0.29) is 0 Å². The molecule has 0 saturated carbocycles. The van der Waals surface area contributed by atoms with E-state index < -0.39 is 0 Å². The van der Waals surface area contributed by atoms with Gasteiger partial charge in [0.15, 0.2) is 0 Å². The quantitative estimate of drug-likeness (QED) is 0.636. The Morgan fingerprint density at radius 2 is 1.22 bits per heavy atom. The summed E-state index contributed by atoms with van der Waals surface area (Å²) in [7, 11) is 0. The molecule has 0 N–H and O–H groups in total. The first-order chi connectivity index (χ1) is 12.8. The van der Waals surface area contributed by atoms with E-state index in [1.807, 2.05) is 0 Å². The van der Waals surface area contributed by atoms with Crippen molar-refractivity contribution in [3.05, 3.63) is 0 Å². The van der Waals surface area contributed by atoms with Crippen molar-refractivity contribution in [2.75, 3.05) is 39.3 Å². The van der Waals surface area contributed by atoms with Crippen LogP contribution in [-0.2, 0) is 0 Å². The van der Waals surface area contributed by atoms with Crippen LogP contribution in [-0.4, -0.2) is 72.1 Å². The highest BCUT2D eigenvalue weighted by Gasteiger charge is 2.46. The minimum atomic E-state index is 0.676. The smallest absolute Gasteiger partial charge is 0.00675 e. The molecule has 3 heterocycles. The second-order valence-electron chi connectivity index (χ2n) is 10.9. The summed E-state index contributed by atoms with van der Waals surface area (Å²) in [6, 6.07) is 2.25. The van der Waals surface area contributed by atoms with Crippen LogP contribution in [0.15, 0.2) is 0 Å². The second kappa shape index (κ2) is 9.13. The summed E-state index contributed by atoms with van der Waals surface area (Å²) in [4.78, 5) is 8.12. The van der Waals surface area contributed by atoms with E-state index in [1.54, 1.807) is 0 Å². The van der Waals surface area contributed by atoms with Gasteiger partial charge in [-0.05, 0) is 117 Å². The van der Waals surface area contributed by atoms with Crippen LogP contribution in [0.25, 0.3) is 0 Å². The Kier molecular flexibility index (Phi) is 7.30. The molecule has 1 spiro atoms. The Morgan fingerprint density at radius 3 is 1.74 bits per heavy atom. The number of hydrogen-bond acceptors (Lipinski definition) is 3. The van der Waals surface area contributed by atoms with Gasteiger partial charge < -0.3 is 9.80 Å². The Bertz CT molecular complexity index is 437. The van der Waals surface area contributed by atoms with E-state index in [1.165, 1.54) is 77.8 Å². The fourth-order valence-corrected chi connectivity index (χ4v) is 5.89. The number of piperidine rings is 2. The van der Waals surface area contributed by atoms with E-state index in [9.17, 15) is 0 Å². The summed E-state index contributed by atoms with van der Waals surface area (Å²) in [6.45, 7) is 22.5. The number of rotatable bonds is 7. The van der Waals surface area contributed by atoms with Crippen molar-refractivity contribution in [3.63, 3.8) is 0 Å². The van der Waals surface area contributed by atoms with Gasteiger partial charge in [-0.3, -0.25) is 4.90 Å². The SMILES string of the molecule is CC(CCC(C)N1CC2(CCN(C(C)C)CC2)C1)C1CCN(C(C)C)CC1. The largest absolute Gasteiger partial charge is 0.301 e. The molecule has 0 aromatic heterocycles. The van der Waals surface area contributed by atoms with Crippen molar-refractivity contribution in [2.24, 2.45) is 17.3 Å². The summed E-state index contributed by atoms with van der Waals surface area (Å²) in [5, 5.41) is 0. The lowest BCUT2D eigenvalue weighted by molar-refractivity contribution is -0.0720. The zero-order valence-corrected chi connectivity index (χ0v) is 19.2. The first kappa shape index (κ1) is 21.6. The first-order valence-corrected chi connectivity index (χ1v) is 12.0. The summed E-state index contributed by atoms with van der Waals surface area (Å²) >= 11 is 0. The van der Waals surface area contributed by atoms with Crippen LogP contribution in [0.3, 0.4) is 0 Å². The molecule has 158 valence electrons. The molecule has 0 amide bonds. The number of nitrogens with zero attached hydrogens (tertiary/aromatic N) is 3. The van der Waals surface area contributed by atoms with E-state index in [0.29, 0.717) is 5.41 Å². The molecule has 0 aromatic carbocycles. The molecule has 3 aliphatic heterocycles. The molecule has 3 saturated heterocycles. The summed E-state index contributed by atoms with van der Waals surface area (Å²) in [5.74, 6) is 1.88. The van der Waals surface area contributed by atoms with Crippen LogP contribution >= 0.6 is 0 Å². The van der Waals surface area contributed by atoms with Gasteiger partial charge in [0.05, 0.1) is 0 Å². The molecule has 0 aliphatic carbocycles. The minimum Gasteiger partial charge on any atom is -0.301 e. The minimum absolute atomic E-state index is 0.676. The average molecular weight is 378 g/mol. The van der Waals surface area contributed by atoms with Crippen LogP contribution < -0.4 is 0 Å². The van der Waals surface area contributed by atoms with Crippen LogP contribution in [0.2, 0.25) is 0 Å². The highest BCUT2D eigenvalue weighted by molar-refractivity contribution is 5.00. The molecule has 27 heavy (non-hydrogen) atoms. The third-order valence-corrected chi connectivity index (χ3v) is 8.44. The zero-order chi connectivity index (χ0) is 19.6. The molecule has 3 aliphatic rings. The Hall–Kier alpha value is -0.120. The molecule has 3 heteroatoms. The van der Waals surface area contributed by atoms with Gasteiger partial charge in [0, 0.05) is 31.2 Å². The molecule has 0 radical (unpaired) electrons. The first-order valence-electron chi connectivity index (χ1n) is 12.0. The van der Waals surface area contributed by atoms with Gasteiger partial charge in [-0.1, -0.05) is 6.92 Å². The molecular formula is C24H47N3. The molecule has 0 bridgehead atoms. The maximum absolute atomic E-state index is 2.79. The molecular weight excluding hydrogens is 330 g/mol. The summed E-state index contributed by atoms with van der Waals surface area (Å²) in [6.07, 6.45) is 8.54. The molecule has 2 atom stereocenters. The standard InChI is InChI=1S/C24H47N3/c1-19(2)25-13-9-23(10-14-25)21(5)7-8-22(6)27-17-24(18-27)11-15-26(16-12-24)20(3)4/h19-23H,7-18H2,1-6H3. The van der Waals surface area contributed by atoms with Gasteiger partial charge in [-0.15, -0.1) is 0 Å². The summed E-state index contributed by atoms with van der Waals surface area (Å²) in [5.41, 5.74) is 0.676. The molecule has 3 nitrogen and oxygen atoms in total. The normalized spacial score (nSPS) is 28.0. The molecule has 3 rings (SSSR count). The van der Waals surface area contributed by atoms with Crippen molar-refractivity contribution in [1.29, 1.82) is 0 Å². The molecule has 0 aromatic rings. The van der Waals surface area contributed by atoms with Crippen molar-refractivity contribution >= 4 is 0 Å². The van der Waals surface area contributed by atoms with E-state index in [0.717, 1.165) is 30.0 Å². The van der Waals surface area contributed by atoms with Crippen molar-refractivity contribution in [3.8, 4) is 0 Å². The fourth-order valence-electron chi connectivity index (χ4n) is 5.89. The topological polar surface area (TPSA) is 9.72 Å². The van der Waals surface area contributed by atoms with Crippen LogP contribution in [0.4, 0.5) is 0 Å². The van der Waals surface area contributed by atoms with Gasteiger partial charge in [0.2, 0.25) is 0 Å². The highest BCUT2D eigenvalue weighted by atomic mass is 15.3. The average Bonchev–Trinajstić information content (AvgIpc) is 2.64. The predicted octanol–water partition coefficient (Wildman–Crippen LogP) is 4.72. The maximum Gasteiger partial charge on any atom is 0.00675 e. The highest BCUT2D eigenvalue weighted by Crippen LogP contribution is 2.42. The Balaban J connectivity index is 1.33. The fraction of sp³-hybridized carbons (Fsp3) is 1.00. The van der Waals surface area contributed by atoms with Crippen LogP contribution in [0, 0.1) is 17.3 Å². The molecule has 3 fully saturated rings. The van der Waals surface area contributed by atoms with Crippen molar-refractivity contribution < 1.29 is 0 Å². The Labute approximate surface area is 169 Å². The van der Waals surface area contributed by atoms with Crippen molar-refractivity contribution in [2.45, 2.75) is 98.2 Å². The monoisotopic (exact) mass is 377 g/mol. The summed E-state index contributed by atoms with van der Waals surface area (Å²) < 4.78 is 0. The van der Waals surface area contributed by atoms with Gasteiger partial charge in [0.25, 0.3) is 0 Å². The molecule has 2 unspecified atom stereocenters. The van der Waals surface area contributed by atoms with Crippen LogP contribution in [0.1, 0.15) is 80.1 Å². The van der Waals surface area contributed by atoms with E-state index >= 15 is 0 Å². The lowest BCUT2D eigenvalue weighted by Gasteiger charge is -2.56. The third kappa shape index (κ3) is 5.28. The van der Waals surface area contributed by atoms with Gasteiger partial charge in [0.1, 0.15) is 0 Å². The lowest BCUT2D eigenvalue weighted by Crippen LogP contribution is -2.62. The number of hydrogen-bond donors (Lipinski definition) is 0. The van der Waals surface area contributed by atoms with Gasteiger partial charge >= 0.3 is 0 Å². The lowest BCUT2D eigenvalue weighted by atomic mass is 9.71. The van der Waals surface area contributed by atoms with Crippen LogP contribution in [0.5, 0.6) is 0 Å². The van der Waals surface area contributed by atoms with Crippen molar-refractivity contribution in [1.82, 2.24) is 14.7 Å². The van der Waals surface area contributed by atoms with E-state index in [2.05, 4.69) is 56.2 Å². The number of likely N-dealkylation sites (tertiary alicyclic amines) is 3. The van der Waals surface area contributed by atoms with Gasteiger partial charge in [-0.25, -0.2) is 0 Å². The second-order valence-corrected chi connectivity index (χ2v) is 10.9. The zero-order valence-electron chi connectivity index (χ0n) is 19.2. The predicted molar refractivity (Wildman–Crippen MR) is 117 cm³/mol. The Morgan fingerprint density at radius 1 is 0.704 bits per heavy atom.